The summed E-state index contributed by atoms with van der Waals surface area (Å²) in [4.78, 5) is 21.0. The maximum atomic E-state index is 11.9. The molecule has 0 saturated heterocycles. The van der Waals surface area contributed by atoms with Crippen molar-refractivity contribution in [1.29, 1.82) is 0 Å². The summed E-state index contributed by atoms with van der Waals surface area (Å²) in [5, 5.41) is 0. The smallest absolute Gasteiger partial charge is 0.250 e. The predicted molar refractivity (Wildman–Crippen MR) is 100 cm³/mol. The summed E-state index contributed by atoms with van der Waals surface area (Å²) in [6.45, 7) is 1.86. The summed E-state index contributed by atoms with van der Waals surface area (Å²) < 4.78 is 2.34. The molecule has 6 nitrogen and oxygen atoms in total. The molecule has 4 N–H and O–H groups in total. The number of carbonyl (C=O) groups is 1. The Kier molecular flexibility index (Phi) is 4.11. The molecule has 1 aliphatic heterocycles. The van der Waals surface area contributed by atoms with Gasteiger partial charge in [0.1, 0.15) is 5.82 Å². The van der Waals surface area contributed by atoms with Gasteiger partial charge in [-0.05, 0) is 38.3 Å². The number of nitrogens with two attached hydrogens (primary N) is 2. The van der Waals surface area contributed by atoms with E-state index in [1.807, 2.05) is 31.2 Å². The summed E-state index contributed by atoms with van der Waals surface area (Å²) >= 11 is 0. The van der Waals surface area contributed by atoms with Crippen LogP contribution in [-0.4, -0.2) is 20.4 Å². The van der Waals surface area contributed by atoms with Gasteiger partial charge in [-0.1, -0.05) is 12.2 Å². The molecule has 1 amide bonds. The molecule has 2 bridgehead atoms. The number of primary amides is 1. The predicted octanol–water partition coefficient (Wildman–Crippen LogP) is 2.83. The van der Waals surface area contributed by atoms with Crippen LogP contribution in [0.2, 0.25) is 0 Å². The highest BCUT2D eigenvalue weighted by Crippen LogP contribution is 2.51. The Morgan fingerprint density at radius 1 is 1.38 bits per heavy atom. The van der Waals surface area contributed by atoms with Crippen molar-refractivity contribution >= 4 is 5.91 Å². The summed E-state index contributed by atoms with van der Waals surface area (Å²) in [5.41, 5.74) is 15.3. The fourth-order valence-electron chi connectivity index (χ4n) is 4.21. The molecule has 0 radical (unpaired) electrons. The summed E-state index contributed by atoms with van der Waals surface area (Å²) in [5.74, 6) is 1.22. The van der Waals surface area contributed by atoms with Crippen molar-refractivity contribution in [2.75, 3.05) is 0 Å². The van der Waals surface area contributed by atoms with Crippen molar-refractivity contribution in [2.24, 2.45) is 11.5 Å². The van der Waals surface area contributed by atoms with Crippen molar-refractivity contribution in [3.05, 3.63) is 59.5 Å². The lowest BCUT2D eigenvalue weighted by atomic mass is 10.0. The number of fused-ring (bicyclic) bond motifs is 5. The second kappa shape index (κ2) is 6.44. The standard InChI is InChI=1S/C20H23N5O/c1-12(21)4-2-3-5-17-18(15-8-9-23-11-16(15)19(22)26)25-14-7-6-13(10-14)20(25)24-17/h2-4,8-9,11,13-14H,5-7,10,21H2,1H3,(H2,22,26)/b3-2-,12-4-. The van der Waals surface area contributed by atoms with Crippen LogP contribution in [-0.2, 0) is 6.42 Å². The van der Waals surface area contributed by atoms with E-state index in [2.05, 4.69) is 9.55 Å². The van der Waals surface area contributed by atoms with Gasteiger partial charge >= 0.3 is 0 Å². The molecular formula is C20H23N5O. The van der Waals surface area contributed by atoms with Gasteiger partial charge < -0.3 is 16.0 Å². The van der Waals surface area contributed by atoms with Gasteiger partial charge in [0.05, 0.1) is 17.0 Å². The number of allylic oxidation sites excluding steroid dienone is 4. The first kappa shape index (κ1) is 16.6. The van der Waals surface area contributed by atoms with E-state index in [4.69, 9.17) is 16.5 Å². The first-order chi connectivity index (χ1) is 12.6. The van der Waals surface area contributed by atoms with Crippen LogP contribution in [0.1, 0.15) is 60.0 Å². The largest absolute Gasteiger partial charge is 0.402 e. The van der Waals surface area contributed by atoms with E-state index < -0.39 is 5.91 Å². The van der Waals surface area contributed by atoms with Gasteiger partial charge in [0.15, 0.2) is 0 Å². The lowest BCUT2D eigenvalue weighted by molar-refractivity contribution is 0.100. The Morgan fingerprint density at radius 3 is 3.00 bits per heavy atom. The third-order valence-corrected chi connectivity index (χ3v) is 5.29. The monoisotopic (exact) mass is 349 g/mol. The maximum Gasteiger partial charge on any atom is 0.250 e. The van der Waals surface area contributed by atoms with Crippen molar-refractivity contribution in [3.63, 3.8) is 0 Å². The molecule has 4 rings (SSSR count). The minimum atomic E-state index is -0.463. The summed E-state index contributed by atoms with van der Waals surface area (Å²) in [6.07, 6.45) is 13.3. The van der Waals surface area contributed by atoms with Crippen LogP contribution in [0.15, 0.2) is 42.4 Å². The Hall–Kier alpha value is -2.89. The first-order valence-electron chi connectivity index (χ1n) is 9.00. The molecular weight excluding hydrogens is 326 g/mol. The fraction of sp³-hybridized carbons (Fsp3) is 0.350. The number of amides is 1. The zero-order valence-electron chi connectivity index (χ0n) is 14.9. The van der Waals surface area contributed by atoms with E-state index in [-0.39, 0.29) is 0 Å². The Balaban J connectivity index is 1.83. The normalized spacial score (nSPS) is 21.5. The zero-order valence-corrected chi connectivity index (χ0v) is 14.9. The number of hydrogen-bond donors (Lipinski definition) is 2. The molecule has 0 spiro atoms. The molecule has 1 fully saturated rings. The lowest BCUT2D eigenvalue weighted by Gasteiger charge is -2.18. The van der Waals surface area contributed by atoms with Gasteiger partial charge in [-0.25, -0.2) is 4.98 Å². The highest BCUT2D eigenvalue weighted by molar-refractivity contribution is 5.99. The molecule has 3 heterocycles. The molecule has 134 valence electrons. The molecule has 2 aliphatic rings. The Morgan fingerprint density at radius 2 is 2.23 bits per heavy atom. The third-order valence-electron chi connectivity index (χ3n) is 5.29. The van der Waals surface area contributed by atoms with E-state index in [9.17, 15) is 4.79 Å². The van der Waals surface area contributed by atoms with Crippen LogP contribution >= 0.6 is 0 Å². The summed E-state index contributed by atoms with van der Waals surface area (Å²) in [7, 11) is 0. The highest BCUT2D eigenvalue weighted by atomic mass is 16.1. The van der Waals surface area contributed by atoms with Crippen LogP contribution in [0.4, 0.5) is 0 Å². The molecule has 2 atom stereocenters. The highest BCUT2D eigenvalue weighted by Gasteiger charge is 2.41. The number of imidazole rings is 1. The van der Waals surface area contributed by atoms with Crippen molar-refractivity contribution in [1.82, 2.24) is 14.5 Å². The van der Waals surface area contributed by atoms with Gasteiger partial charge in [-0.3, -0.25) is 9.78 Å². The molecule has 1 aliphatic carbocycles. The molecule has 6 heteroatoms. The van der Waals surface area contributed by atoms with Crippen LogP contribution in [0.25, 0.3) is 11.3 Å². The minimum absolute atomic E-state index is 0.445. The van der Waals surface area contributed by atoms with Gasteiger partial charge in [0, 0.05) is 42.0 Å². The molecule has 2 unspecified atom stereocenters. The van der Waals surface area contributed by atoms with E-state index in [0.29, 0.717) is 23.9 Å². The number of pyridine rings is 1. The average Bonchev–Trinajstić information content (AvgIpc) is 3.30. The second-order valence-electron chi connectivity index (χ2n) is 7.13. The van der Waals surface area contributed by atoms with E-state index in [0.717, 1.165) is 34.9 Å². The van der Waals surface area contributed by atoms with E-state index in [1.165, 1.54) is 12.8 Å². The van der Waals surface area contributed by atoms with Crippen LogP contribution < -0.4 is 11.5 Å². The SMILES string of the molecule is C/C(N)=C/C=C\Cc1nc2n(c1-c1ccncc1C(N)=O)C1CCC2C1. The van der Waals surface area contributed by atoms with E-state index in [1.54, 1.807) is 12.4 Å². The number of aromatic nitrogens is 3. The molecule has 2 aromatic heterocycles. The van der Waals surface area contributed by atoms with Crippen LogP contribution in [0, 0.1) is 0 Å². The second-order valence-corrected chi connectivity index (χ2v) is 7.13. The van der Waals surface area contributed by atoms with Crippen LogP contribution in [0.5, 0.6) is 0 Å². The number of nitrogens with zero attached hydrogens (tertiary/aromatic N) is 3. The minimum Gasteiger partial charge on any atom is -0.402 e. The third kappa shape index (κ3) is 2.71. The Labute approximate surface area is 152 Å². The van der Waals surface area contributed by atoms with Gasteiger partial charge in [-0.2, -0.15) is 0 Å². The van der Waals surface area contributed by atoms with Crippen molar-refractivity contribution in [2.45, 2.75) is 44.6 Å². The summed E-state index contributed by atoms with van der Waals surface area (Å²) in [6, 6.07) is 2.34. The lowest BCUT2D eigenvalue weighted by Crippen LogP contribution is -2.15. The zero-order chi connectivity index (χ0) is 18.3. The molecule has 0 aromatic carbocycles. The van der Waals surface area contributed by atoms with E-state index >= 15 is 0 Å². The Bertz CT molecular complexity index is 920. The number of hydrogen-bond acceptors (Lipinski definition) is 4. The van der Waals surface area contributed by atoms with Crippen molar-refractivity contribution in [3.8, 4) is 11.3 Å². The molecule has 1 saturated carbocycles. The van der Waals surface area contributed by atoms with Gasteiger partial charge in [0.2, 0.25) is 0 Å². The first-order valence-corrected chi connectivity index (χ1v) is 9.00. The topological polar surface area (TPSA) is 99.8 Å². The maximum absolute atomic E-state index is 11.9. The van der Waals surface area contributed by atoms with Gasteiger partial charge in [-0.15, -0.1) is 0 Å². The number of carbonyl (C=O) groups excluding carboxylic acids is 1. The van der Waals surface area contributed by atoms with Crippen molar-refractivity contribution < 1.29 is 4.79 Å². The quantitative estimate of drug-likeness (QED) is 0.811. The number of rotatable bonds is 5. The fourth-order valence-corrected chi connectivity index (χ4v) is 4.21. The van der Waals surface area contributed by atoms with Crippen LogP contribution in [0.3, 0.4) is 0 Å². The molecule has 2 aromatic rings. The average molecular weight is 349 g/mol. The molecule has 26 heavy (non-hydrogen) atoms. The van der Waals surface area contributed by atoms with Gasteiger partial charge in [0.25, 0.3) is 5.91 Å².